The minimum atomic E-state index is -0.309. The van der Waals surface area contributed by atoms with E-state index in [1.54, 1.807) is 55.6 Å². The van der Waals surface area contributed by atoms with Gasteiger partial charge in [-0.2, -0.15) is 5.26 Å². The molecular formula is C18H17N3O3. The molecule has 0 aliphatic rings. The molecule has 2 aromatic carbocycles. The Hall–Kier alpha value is -3.17. The van der Waals surface area contributed by atoms with Crippen molar-refractivity contribution in [2.75, 3.05) is 25.6 Å². The van der Waals surface area contributed by atoms with Crippen molar-refractivity contribution in [1.82, 2.24) is 5.32 Å². The first kappa shape index (κ1) is 17.2. The molecule has 0 fully saturated rings. The van der Waals surface area contributed by atoms with Crippen molar-refractivity contribution in [1.29, 1.82) is 5.26 Å². The third kappa shape index (κ3) is 4.66. The molecule has 0 radical (unpaired) electrons. The summed E-state index contributed by atoms with van der Waals surface area (Å²) in [6, 6.07) is 15.0. The SMILES string of the molecule is COCCNC(=O)c1ccc(C(=O)Nc2cccc(C#N)c2)cc1. The maximum Gasteiger partial charge on any atom is 0.255 e. The Morgan fingerprint density at radius 2 is 1.75 bits per heavy atom. The van der Waals surface area contributed by atoms with Gasteiger partial charge in [-0.05, 0) is 42.5 Å². The zero-order chi connectivity index (χ0) is 17.4. The lowest BCUT2D eigenvalue weighted by Gasteiger charge is -2.07. The Morgan fingerprint density at radius 1 is 1.08 bits per heavy atom. The molecule has 2 N–H and O–H groups in total. The number of ether oxygens (including phenoxy) is 1. The van der Waals surface area contributed by atoms with Crippen molar-refractivity contribution in [3.05, 3.63) is 65.2 Å². The molecule has 0 saturated heterocycles. The van der Waals surface area contributed by atoms with Crippen LogP contribution in [0.4, 0.5) is 5.69 Å². The average Bonchev–Trinajstić information content (AvgIpc) is 2.62. The van der Waals surface area contributed by atoms with Gasteiger partial charge in [-0.15, -0.1) is 0 Å². The molecule has 0 aliphatic carbocycles. The number of amides is 2. The number of hydrogen-bond acceptors (Lipinski definition) is 4. The quantitative estimate of drug-likeness (QED) is 0.797. The molecule has 24 heavy (non-hydrogen) atoms. The highest BCUT2D eigenvalue weighted by atomic mass is 16.5. The maximum absolute atomic E-state index is 12.2. The summed E-state index contributed by atoms with van der Waals surface area (Å²) >= 11 is 0. The topological polar surface area (TPSA) is 91.2 Å². The van der Waals surface area contributed by atoms with Crippen LogP contribution in [0.25, 0.3) is 0 Å². The van der Waals surface area contributed by atoms with E-state index in [2.05, 4.69) is 10.6 Å². The molecule has 0 bridgehead atoms. The standard InChI is InChI=1S/C18H17N3O3/c1-24-10-9-20-17(22)14-5-7-15(8-6-14)18(23)21-16-4-2-3-13(11-16)12-19/h2-8,11H,9-10H2,1H3,(H,20,22)(H,21,23). The second kappa shape index (κ2) is 8.46. The lowest BCUT2D eigenvalue weighted by Crippen LogP contribution is -2.26. The molecular weight excluding hydrogens is 306 g/mol. The maximum atomic E-state index is 12.2. The van der Waals surface area contributed by atoms with E-state index in [0.29, 0.717) is 35.5 Å². The lowest BCUT2D eigenvalue weighted by molar-refractivity contribution is 0.0935. The molecule has 6 heteroatoms. The van der Waals surface area contributed by atoms with Crippen LogP contribution in [0, 0.1) is 11.3 Å². The summed E-state index contributed by atoms with van der Waals surface area (Å²) in [7, 11) is 1.56. The number of anilines is 1. The van der Waals surface area contributed by atoms with Gasteiger partial charge in [0.2, 0.25) is 0 Å². The smallest absolute Gasteiger partial charge is 0.255 e. The number of carbonyl (C=O) groups excluding carboxylic acids is 2. The van der Waals surface area contributed by atoms with Gasteiger partial charge in [-0.25, -0.2) is 0 Å². The van der Waals surface area contributed by atoms with E-state index >= 15 is 0 Å². The van der Waals surface area contributed by atoms with E-state index in [9.17, 15) is 9.59 Å². The fourth-order valence-electron chi connectivity index (χ4n) is 2.01. The van der Waals surface area contributed by atoms with Crippen LogP contribution in [-0.2, 0) is 4.74 Å². The molecule has 122 valence electrons. The van der Waals surface area contributed by atoms with Crippen LogP contribution < -0.4 is 10.6 Å². The minimum Gasteiger partial charge on any atom is -0.383 e. The fourth-order valence-corrected chi connectivity index (χ4v) is 2.01. The molecule has 0 saturated carbocycles. The zero-order valence-electron chi connectivity index (χ0n) is 13.2. The number of nitrogens with zero attached hydrogens (tertiary/aromatic N) is 1. The van der Waals surface area contributed by atoms with Gasteiger partial charge in [-0.1, -0.05) is 6.07 Å². The Labute approximate surface area is 140 Å². The van der Waals surface area contributed by atoms with Crippen molar-refractivity contribution in [2.45, 2.75) is 0 Å². The molecule has 2 rings (SSSR count). The minimum absolute atomic E-state index is 0.222. The van der Waals surface area contributed by atoms with Crippen LogP contribution in [0.15, 0.2) is 48.5 Å². The number of rotatable bonds is 6. The van der Waals surface area contributed by atoms with Crippen LogP contribution in [0.2, 0.25) is 0 Å². The van der Waals surface area contributed by atoms with Crippen molar-refractivity contribution in [3.63, 3.8) is 0 Å². The largest absolute Gasteiger partial charge is 0.383 e. The van der Waals surface area contributed by atoms with Gasteiger partial charge in [0, 0.05) is 30.5 Å². The van der Waals surface area contributed by atoms with Gasteiger partial charge in [0.25, 0.3) is 11.8 Å². The van der Waals surface area contributed by atoms with E-state index in [0.717, 1.165) is 0 Å². The number of carbonyl (C=O) groups is 2. The summed E-state index contributed by atoms with van der Waals surface area (Å²) in [5.74, 6) is -0.530. The molecule has 0 spiro atoms. The molecule has 0 heterocycles. The van der Waals surface area contributed by atoms with Gasteiger partial charge in [0.05, 0.1) is 18.2 Å². The predicted molar refractivity (Wildman–Crippen MR) is 89.8 cm³/mol. The summed E-state index contributed by atoms with van der Waals surface area (Å²) in [6.07, 6.45) is 0. The van der Waals surface area contributed by atoms with E-state index in [1.807, 2.05) is 6.07 Å². The van der Waals surface area contributed by atoms with Crippen molar-refractivity contribution < 1.29 is 14.3 Å². The summed E-state index contributed by atoms with van der Waals surface area (Å²) < 4.78 is 4.86. The molecule has 0 aliphatic heterocycles. The normalized spacial score (nSPS) is 9.83. The highest BCUT2D eigenvalue weighted by molar-refractivity contribution is 6.05. The first-order valence-electron chi connectivity index (χ1n) is 7.33. The third-order valence-electron chi connectivity index (χ3n) is 3.25. The van der Waals surface area contributed by atoms with Crippen LogP contribution in [0.3, 0.4) is 0 Å². The van der Waals surface area contributed by atoms with E-state index in [1.165, 1.54) is 0 Å². The van der Waals surface area contributed by atoms with Gasteiger partial charge >= 0.3 is 0 Å². The van der Waals surface area contributed by atoms with Gasteiger partial charge in [0.1, 0.15) is 0 Å². The Balaban J connectivity index is 2.00. The molecule has 0 unspecified atom stereocenters. The third-order valence-corrected chi connectivity index (χ3v) is 3.25. The molecule has 2 aromatic rings. The van der Waals surface area contributed by atoms with E-state index in [4.69, 9.17) is 10.00 Å². The summed E-state index contributed by atoms with van der Waals surface area (Å²) in [6.45, 7) is 0.862. The van der Waals surface area contributed by atoms with Gasteiger partial charge in [-0.3, -0.25) is 9.59 Å². The predicted octanol–water partition coefficient (Wildman–Crippen LogP) is 2.19. The lowest BCUT2D eigenvalue weighted by atomic mass is 10.1. The second-order valence-electron chi connectivity index (χ2n) is 4.97. The molecule has 2 amide bonds. The Morgan fingerprint density at radius 3 is 2.38 bits per heavy atom. The Bertz CT molecular complexity index is 764. The highest BCUT2D eigenvalue weighted by Crippen LogP contribution is 2.12. The first-order chi connectivity index (χ1) is 11.6. The average molecular weight is 323 g/mol. The fraction of sp³-hybridized carbons (Fsp3) is 0.167. The second-order valence-corrected chi connectivity index (χ2v) is 4.97. The van der Waals surface area contributed by atoms with Crippen LogP contribution in [0.5, 0.6) is 0 Å². The molecule has 0 atom stereocenters. The molecule has 6 nitrogen and oxygen atoms in total. The number of nitrogens with one attached hydrogen (secondary N) is 2. The Kier molecular flexibility index (Phi) is 6.06. The van der Waals surface area contributed by atoms with Gasteiger partial charge in [0.15, 0.2) is 0 Å². The summed E-state index contributed by atoms with van der Waals surface area (Å²) in [5, 5.41) is 14.3. The van der Waals surface area contributed by atoms with E-state index in [-0.39, 0.29) is 11.8 Å². The number of nitriles is 1. The number of benzene rings is 2. The van der Waals surface area contributed by atoms with E-state index < -0.39 is 0 Å². The van der Waals surface area contributed by atoms with Crippen molar-refractivity contribution in [2.24, 2.45) is 0 Å². The van der Waals surface area contributed by atoms with Crippen molar-refractivity contribution >= 4 is 17.5 Å². The van der Waals surface area contributed by atoms with Crippen LogP contribution >= 0.6 is 0 Å². The molecule has 0 aromatic heterocycles. The summed E-state index contributed by atoms with van der Waals surface area (Å²) in [5.41, 5.74) is 1.90. The van der Waals surface area contributed by atoms with Gasteiger partial charge < -0.3 is 15.4 Å². The number of methoxy groups -OCH3 is 1. The highest BCUT2D eigenvalue weighted by Gasteiger charge is 2.09. The zero-order valence-corrected chi connectivity index (χ0v) is 13.2. The van der Waals surface area contributed by atoms with Crippen molar-refractivity contribution in [3.8, 4) is 6.07 Å². The van der Waals surface area contributed by atoms with Crippen LogP contribution in [-0.4, -0.2) is 32.1 Å². The number of hydrogen-bond donors (Lipinski definition) is 2. The summed E-state index contributed by atoms with van der Waals surface area (Å²) in [4.78, 5) is 24.1. The monoisotopic (exact) mass is 323 g/mol. The first-order valence-corrected chi connectivity index (χ1v) is 7.33. The van der Waals surface area contributed by atoms with Crippen LogP contribution in [0.1, 0.15) is 26.3 Å².